The molecule has 0 N–H and O–H groups in total. The minimum atomic E-state index is -0.340. The van der Waals surface area contributed by atoms with E-state index in [1.165, 1.54) is 0 Å². The van der Waals surface area contributed by atoms with E-state index < -0.39 is 0 Å². The summed E-state index contributed by atoms with van der Waals surface area (Å²) in [6.45, 7) is 0. The molecule has 0 radical (unpaired) electrons. The summed E-state index contributed by atoms with van der Waals surface area (Å²) >= 11 is 0. The first-order valence-corrected chi connectivity index (χ1v) is 17.9. The van der Waals surface area contributed by atoms with Crippen molar-refractivity contribution in [3.63, 3.8) is 0 Å². The quantitative estimate of drug-likeness (QED) is 0.165. The number of aromatic nitrogens is 3. The normalized spacial score (nSPS) is 12.8. The molecule has 4 nitrogen and oxygen atoms in total. The maximum atomic E-state index is 9.56. The number of furan rings is 1. The van der Waals surface area contributed by atoms with E-state index >= 15 is 0 Å². The van der Waals surface area contributed by atoms with Gasteiger partial charge in [0.2, 0.25) is 0 Å². The molecule has 8 aromatic carbocycles. The first kappa shape index (κ1) is 26.4. The number of rotatable bonds is 7. The SMILES string of the molecule is [2H]c1c(-c2cccc(-c3ccccc3)c2)c([2H])c2c(oc3c([2H])c(-c4nc(-c5cccc(-c6ccccc6)c5)nc(-c5cccc(-c6ccccc6)c5)n4)c([2H])c([2H])c32)c1[2H]. The molecule has 258 valence electrons. The highest BCUT2D eigenvalue weighted by Gasteiger charge is 2.16. The smallest absolute Gasteiger partial charge is 0.164 e. The van der Waals surface area contributed by atoms with Crippen LogP contribution in [0.2, 0.25) is 0 Å². The van der Waals surface area contributed by atoms with Crippen molar-refractivity contribution in [3.05, 3.63) is 200 Å². The van der Waals surface area contributed by atoms with Gasteiger partial charge in [-0.05, 0) is 86.9 Å². The molecule has 2 aromatic heterocycles. The van der Waals surface area contributed by atoms with Crippen LogP contribution in [0.1, 0.15) is 8.22 Å². The molecule has 0 aliphatic carbocycles. The molecule has 0 bridgehead atoms. The molecule has 2 heterocycles. The van der Waals surface area contributed by atoms with Crippen LogP contribution in [-0.2, 0) is 0 Å². The van der Waals surface area contributed by atoms with Crippen molar-refractivity contribution in [3.8, 4) is 78.7 Å². The van der Waals surface area contributed by atoms with Gasteiger partial charge in [-0.15, -0.1) is 0 Å². The summed E-state index contributed by atoms with van der Waals surface area (Å²) in [5, 5.41) is 0.149. The zero-order chi connectivity index (χ0) is 41.8. The summed E-state index contributed by atoms with van der Waals surface area (Å²) in [4.78, 5) is 14.7. The Morgan fingerprint density at radius 3 is 1.22 bits per heavy atom. The van der Waals surface area contributed by atoms with Crippen LogP contribution in [-0.4, -0.2) is 15.0 Å². The second-order valence-electron chi connectivity index (χ2n) is 13.2. The van der Waals surface area contributed by atoms with Gasteiger partial charge >= 0.3 is 0 Å². The predicted molar refractivity (Wildman–Crippen MR) is 225 cm³/mol. The van der Waals surface area contributed by atoms with E-state index in [-0.39, 0.29) is 75.1 Å². The number of fused-ring (bicyclic) bond motifs is 3. The molecule has 0 atom stereocenters. The monoisotopic (exact) mass is 709 g/mol. The molecule has 0 spiro atoms. The highest BCUT2D eigenvalue weighted by molar-refractivity contribution is 6.07. The third kappa shape index (κ3) is 6.36. The fourth-order valence-electron chi connectivity index (χ4n) is 6.81. The summed E-state index contributed by atoms with van der Waals surface area (Å²) in [7, 11) is 0. The molecule has 10 aromatic rings. The zero-order valence-corrected chi connectivity index (χ0v) is 29.3. The topological polar surface area (TPSA) is 51.8 Å². The highest BCUT2D eigenvalue weighted by Crippen LogP contribution is 2.36. The second-order valence-corrected chi connectivity index (χ2v) is 13.2. The van der Waals surface area contributed by atoms with Crippen LogP contribution in [0.4, 0.5) is 0 Å². The number of benzene rings is 8. The molecule has 55 heavy (non-hydrogen) atoms. The zero-order valence-electron chi connectivity index (χ0n) is 35.3. The molecule has 4 heteroatoms. The summed E-state index contributed by atoms with van der Waals surface area (Å²) in [6.07, 6.45) is 0. The number of nitrogens with zero attached hydrogens (tertiary/aromatic N) is 3. The average Bonchev–Trinajstić information content (AvgIpc) is 3.73. The third-order valence-electron chi connectivity index (χ3n) is 9.58. The largest absolute Gasteiger partial charge is 0.456 e. The molecule has 0 unspecified atom stereocenters. The second kappa shape index (κ2) is 13.8. The van der Waals surface area contributed by atoms with E-state index in [4.69, 9.17) is 22.1 Å². The molecule has 0 saturated carbocycles. The van der Waals surface area contributed by atoms with Gasteiger partial charge in [0, 0.05) is 27.5 Å². The van der Waals surface area contributed by atoms with E-state index in [2.05, 4.69) is 0 Å². The van der Waals surface area contributed by atoms with Crippen LogP contribution in [0.5, 0.6) is 0 Å². The third-order valence-corrected chi connectivity index (χ3v) is 9.58. The van der Waals surface area contributed by atoms with Gasteiger partial charge in [-0.2, -0.15) is 0 Å². The lowest BCUT2D eigenvalue weighted by atomic mass is 9.98. The van der Waals surface area contributed by atoms with Crippen molar-refractivity contribution < 1.29 is 12.6 Å². The van der Waals surface area contributed by atoms with Gasteiger partial charge in [0.25, 0.3) is 0 Å². The fourth-order valence-corrected chi connectivity index (χ4v) is 6.81. The first-order valence-electron chi connectivity index (χ1n) is 20.9. The van der Waals surface area contributed by atoms with Crippen molar-refractivity contribution in [2.24, 2.45) is 0 Å². The van der Waals surface area contributed by atoms with Crippen molar-refractivity contribution >= 4 is 21.9 Å². The van der Waals surface area contributed by atoms with E-state index in [9.17, 15) is 5.48 Å². The molecule has 0 amide bonds. The lowest BCUT2D eigenvalue weighted by molar-refractivity contribution is 0.669. The van der Waals surface area contributed by atoms with Crippen molar-refractivity contribution in [1.29, 1.82) is 0 Å². The Hall–Kier alpha value is -7.43. The predicted octanol–water partition coefficient (Wildman–Crippen LogP) is 13.4. The molecule has 10 rings (SSSR count). The van der Waals surface area contributed by atoms with Crippen LogP contribution >= 0.6 is 0 Å². The molecular formula is C51H33N3O. The molecular weight excluding hydrogens is 671 g/mol. The van der Waals surface area contributed by atoms with Gasteiger partial charge in [0.1, 0.15) is 11.2 Å². The number of hydrogen-bond acceptors (Lipinski definition) is 4. The lowest BCUT2D eigenvalue weighted by Gasteiger charge is -2.11. The Kier molecular flexibility index (Phi) is 6.63. The summed E-state index contributed by atoms with van der Waals surface area (Å²) in [5.41, 5.74) is 7.62. The minimum Gasteiger partial charge on any atom is -0.456 e. The van der Waals surface area contributed by atoms with Crippen LogP contribution in [0, 0.1) is 0 Å². The van der Waals surface area contributed by atoms with E-state index in [0.717, 1.165) is 33.4 Å². The first-order chi connectivity index (χ1) is 29.7. The van der Waals surface area contributed by atoms with Gasteiger partial charge in [-0.25, -0.2) is 15.0 Å². The molecule has 0 saturated heterocycles. The maximum absolute atomic E-state index is 9.56. The fraction of sp³-hybridized carbons (Fsp3) is 0. The molecule has 0 aliphatic rings. The lowest BCUT2D eigenvalue weighted by Crippen LogP contribution is -2.00. The van der Waals surface area contributed by atoms with Crippen LogP contribution in [0.15, 0.2) is 204 Å². The van der Waals surface area contributed by atoms with Gasteiger partial charge in [0.05, 0.1) is 8.22 Å². The van der Waals surface area contributed by atoms with Crippen molar-refractivity contribution in [1.82, 2.24) is 15.0 Å². The van der Waals surface area contributed by atoms with Crippen molar-refractivity contribution in [2.45, 2.75) is 0 Å². The minimum absolute atomic E-state index is 0.00197. The van der Waals surface area contributed by atoms with E-state index in [0.29, 0.717) is 28.3 Å². The Balaban J connectivity index is 1.18. The maximum Gasteiger partial charge on any atom is 0.164 e. The van der Waals surface area contributed by atoms with Crippen LogP contribution < -0.4 is 0 Å². The summed E-state index contributed by atoms with van der Waals surface area (Å²) in [5.74, 6) is 0.611. The highest BCUT2D eigenvalue weighted by atomic mass is 16.3. The molecule has 0 aliphatic heterocycles. The van der Waals surface area contributed by atoms with Gasteiger partial charge in [0.15, 0.2) is 17.5 Å². The Bertz CT molecular complexity index is 3220. The van der Waals surface area contributed by atoms with Crippen molar-refractivity contribution in [2.75, 3.05) is 0 Å². The van der Waals surface area contributed by atoms with Crippen LogP contribution in [0.25, 0.3) is 101 Å². The average molecular weight is 710 g/mol. The molecule has 0 fully saturated rings. The number of hydrogen-bond donors (Lipinski definition) is 0. The Morgan fingerprint density at radius 1 is 0.309 bits per heavy atom. The van der Waals surface area contributed by atoms with Crippen LogP contribution in [0.3, 0.4) is 0 Å². The van der Waals surface area contributed by atoms with Gasteiger partial charge < -0.3 is 4.42 Å². The van der Waals surface area contributed by atoms with E-state index in [1.807, 2.05) is 158 Å². The Labute approximate surface area is 327 Å². The summed E-state index contributed by atoms with van der Waals surface area (Å²) < 4.78 is 62.2. The van der Waals surface area contributed by atoms with Gasteiger partial charge in [-0.1, -0.05) is 158 Å². The standard InChI is InChI=1S/C51H33N3O/c1-4-13-34(14-5-1)37-19-10-22-40(29-37)41-26-28-47-46(32-41)45-27-25-44(33-48(45)55-47)51-53-49(42-23-11-20-38(30-42)35-15-6-2-7-16-35)52-50(54-51)43-24-12-21-39(31-43)36-17-8-3-9-18-36/h1-33H/i25D,26D,27D,28D,32D,33D. The van der Waals surface area contributed by atoms with E-state index in [1.54, 1.807) is 6.07 Å². The summed E-state index contributed by atoms with van der Waals surface area (Å²) in [6, 6.07) is 51.2. The van der Waals surface area contributed by atoms with Gasteiger partial charge in [-0.3, -0.25) is 0 Å². The Morgan fingerprint density at radius 2 is 0.709 bits per heavy atom.